The summed E-state index contributed by atoms with van der Waals surface area (Å²) in [6.45, 7) is 0. The number of benzene rings is 5. The molecule has 0 radical (unpaired) electrons. The lowest BCUT2D eigenvalue weighted by Crippen LogP contribution is -1.88. The van der Waals surface area contributed by atoms with Gasteiger partial charge >= 0.3 is 0 Å². The molecule has 0 aliphatic rings. The molecular weight excluding hydrogens is 512 g/mol. The molecule has 5 nitrogen and oxygen atoms in total. The van der Waals surface area contributed by atoms with Crippen molar-refractivity contribution in [2.24, 2.45) is 0 Å². The van der Waals surface area contributed by atoms with Crippen LogP contribution in [-0.4, -0.2) is 28.4 Å². The topological polar surface area (TPSA) is 50.1 Å². The molecule has 6 rings (SSSR count). The molecule has 0 fully saturated rings. The summed E-state index contributed by atoms with van der Waals surface area (Å²) in [5.41, 5.74) is 6.17. The summed E-state index contributed by atoms with van der Waals surface area (Å²) < 4.78 is 28.6. The summed E-state index contributed by atoms with van der Waals surface area (Å²) in [5, 5.41) is 2.05. The number of furan rings is 1. The molecule has 0 aliphatic heterocycles. The van der Waals surface area contributed by atoms with Crippen molar-refractivity contribution in [2.45, 2.75) is 0 Å². The number of hydrogen-bond acceptors (Lipinski definition) is 5. The molecule has 0 N–H and O–H groups in total. The Balaban J connectivity index is 1.70. The Morgan fingerprint density at radius 3 is 0.878 bits per heavy atom. The third-order valence-corrected chi connectivity index (χ3v) is 7.37. The highest BCUT2D eigenvalue weighted by molar-refractivity contribution is 6.16. The highest BCUT2D eigenvalue weighted by Gasteiger charge is 2.24. The van der Waals surface area contributed by atoms with Gasteiger partial charge in [-0.25, -0.2) is 0 Å². The fourth-order valence-corrected chi connectivity index (χ4v) is 5.19. The largest absolute Gasteiger partial charge is 0.497 e. The van der Waals surface area contributed by atoms with E-state index in [4.69, 9.17) is 23.4 Å². The van der Waals surface area contributed by atoms with Gasteiger partial charge in [-0.1, -0.05) is 36.4 Å². The van der Waals surface area contributed by atoms with Crippen LogP contribution in [0.1, 0.15) is 0 Å². The number of methoxy groups -OCH3 is 4. The van der Waals surface area contributed by atoms with Gasteiger partial charge in [-0.3, -0.25) is 0 Å². The van der Waals surface area contributed by atoms with Crippen molar-refractivity contribution < 1.29 is 23.4 Å². The third-order valence-electron chi connectivity index (χ3n) is 7.37. The SMILES string of the molecule is COc1ccc(-c2ccc(-c3ccc(OC)cc3)c3c(-c4ccc(OC)cc4)oc(-c4ccc(OC)cc4)c23)cc1. The van der Waals surface area contributed by atoms with E-state index in [2.05, 4.69) is 36.4 Å². The zero-order chi connectivity index (χ0) is 28.3. The lowest BCUT2D eigenvalue weighted by Gasteiger charge is -2.12. The van der Waals surface area contributed by atoms with Gasteiger partial charge in [0, 0.05) is 21.9 Å². The van der Waals surface area contributed by atoms with Crippen molar-refractivity contribution in [2.75, 3.05) is 28.4 Å². The molecule has 0 spiro atoms. The molecule has 204 valence electrons. The van der Waals surface area contributed by atoms with Gasteiger partial charge in [0.05, 0.1) is 28.4 Å². The molecule has 5 aromatic carbocycles. The number of fused-ring (bicyclic) bond motifs is 1. The summed E-state index contributed by atoms with van der Waals surface area (Å²) in [4.78, 5) is 0. The molecule has 0 saturated heterocycles. The minimum absolute atomic E-state index is 0.786. The van der Waals surface area contributed by atoms with Gasteiger partial charge < -0.3 is 23.4 Å². The van der Waals surface area contributed by atoms with E-state index >= 15 is 0 Å². The summed E-state index contributed by atoms with van der Waals surface area (Å²) >= 11 is 0. The van der Waals surface area contributed by atoms with Gasteiger partial charge in [0.25, 0.3) is 0 Å². The van der Waals surface area contributed by atoms with Crippen LogP contribution in [0.2, 0.25) is 0 Å². The maximum Gasteiger partial charge on any atom is 0.143 e. The minimum Gasteiger partial charge on any atom is -0.497 e. The first-order valence-electron chi connectivity index (χ1n) is 13.3. The molecule has 0 bridgehead atoms. The standard InChI is InChI=1S/C36H30O5/c1-37-27-13-5-23(6-14-27)31-21-22-32(24-7-15-28(38-2)16-8-24)34-33(31)35(25-9-17-29(39-3)18-10-25)41-36(34)26-11-19-30(40-4)20-12-26/h5-22H,1-4H3. The zero-order valence-electron chi connectivity index (χ0n) is 23.4. The van der Waals surface area contributed by atoms with Crippen LogP contribution in [0.3, 0.4) is 0 Å². The molecule has 0 saturated carbocycles. The maximum absolute atomic E-state index is 6.87. The van der Waals surface area contributed by atoms with E-state index in [1.54, 1.807) is 28.4 Å². The first kappa shape index (κ1) is 26.1. The van der Waals surface area contributed by atoms with Gasteiger partial charge in [0.1, 0.15) is 34.5 Å². The predicted molar refractivity (Wildman–Crippen MR) is 164 cm³/mol. The zero-order valence-corrected chi connectivity index (χ0v) is 23.4. The van der Waals surface area contributed by atoms with Gasteiger partial charge in [-0.2, -0.15) is 0 Å². The quantitative estimate of drug-likeness (QED) is 0.192. The van der Waals surface area contributed by atoms with Gasteiger partial charge in [-0.15, -0.1) is 0 Å². The third kappa shape index (κ3) is 4.87. The van der Waals surface area contributed by atoms with Crippen molar-refractivity contribution in [3.05, 3.63) is 109 Å². The number of rotatable bonds is 8. The van der Waals surface area contributed by atoms with Crippen LogP contribution >= 0.6 is 0 Å². The molecule has 0 amide bonds. The Labute approximate surface area is 239 Å². The lowest BCUT2D eigenvalue weighted by atomic mass is 9.90. The molecule has 1 heterocycles. The Kier molecular flexibility index (Phi) is 7.09. The monoisotopic (exact) mass is 542 g/mol. The van der Waals surface area contributed by atoms with Crippen molar-refractivity contribution in [1.82, 2.24) is 0 Å². The molecule has 0 unspecified atom stereocenters. The smallest absolute Gasteiger partial charge is 0.143 e. The summed E-state index contributed by atoms with van der Waals surface area (Å²) in [5.74, 6) is 4.76. The Morgan fingerprint density at radius 1 is 0.341 bits per heavy atom. The predicted octanol–water partition coefficient (Wildman–Crippen LogP) is 9.14. The second kappa shape index (κ2) is 11.1. The molecule has 0 aliphatic carbocycles. The molecular formula is C36H30O5. The van der Waals surface area contributed by atoms with Crippen LogP contribution in [0.15, 0.2) is 114 Å². The molecule has 5 heteroatoms. The van der Waals surface area contributed by atoms with Crippen LogP contribution in [0.4, 0.5) is 0 Å². The molecule has 0 atom stereocenters. The summed E-state index contributed by atoms with van der Waals surface area (Å²) in [6, 6.07) is 36.6. The van der Waals surface area contributed by atoms with Gasteiger partial charge in [0.15, 0.2) is 0 Å². The van der Waals surface area contributed by atoms with Crippen LogP contribution < -0.4 is 18.9 Å². The van der Waals surface area contributed by atoms with E-state index in [1.165, 1.54) is 0 Å². The first-order valence-corrected chi connectivity index (χ1v) is 13.3. The molecule has 1 aromatic heterocycles. The van der Waals surface area contributed by atoms with Crippen molar-refractivity contribution in [3.63, 3.8) is 0 Å². The van der Waals surface area contributed by atoms with E-state index < -0.39 is 0 Å². The molecule has 6 aromatic rings. The average molecular weight is 543 g/mol. The highest BCUT2D eigenvalue weighted by Crippen LogP contribution is 2.48. The minimum atomic E-state index is 0.786. The van der Waals surface area contributed by atoms with E-state index in [0.29, 0.717) is 0 Å². The first-order chi connectivity index (χ1) is 20.1. The van der Waals surface area contributed by atoms with Crippen LogP contribution in [-0.2, 0) is 0 Å². The maximum atomic E-state index is 6.87. The lowest BCUT2D eigenvalue weighted by molar-refractivity contribution is 0.414. The van der Waals surface area contributed by atoms with E-state index in [1.807, 2.05) is 72.8 Å². The fraction of sp³-hybridized carbons (Fsp3) is 0.111. The van der Waals surface area contributed by atoms with Crippen LogP contribution in [0, 0.1) is 0 Å². The van der Waals surface area contributed by atoms with Crippen molar-refractivity contribution in [3.8, 4) is 67.9 Å². The fourth-order valence-electron chi connectivity index (χ4n) is 5.19. The molecule has 41 heavy (non-hydrogen) atoms. The van der Waals surface area contributed by atoms with E-state index in [-0.39, 0.29) is 0 Å². The Hall–Kier alpha value is -5.16. The number of hydrogen-bond donors (Lipinski definition) is 0. The van der Waals surface area contributed by atoms with Gasteiger partial charge in [0.2, 0.25) is 0 Å². The Morgan fingerprint density at radius 2 is 0.610 bits per heavy atom. The van der Waals surface area contributed by atoms with Crippen LogP contribution in [0.25, 0.3) is 55.7 Å². The Bertz CT molecular complexity index is 1650. The highest BCUT2D eigenvalue weighted by atomic mass is 16.5. The van der Waals surface area contributed by atoms with Gasteiger partial charge in [-0.05, 0) is 95.1 Å². The van der Waals surface area contributed by atoms with Crippen molar-refractivity contribution in [1.29, 1.82) is 0 Å². The van der Waals surface area contributed by atoms with Crippen LogP contribution in [0.5, 0.6) is 23.0 Å². The summed E-state index contributed by atoms with van der Waals surface area (Å²) in [6.07, 6.45) is 0. The van der Waals surface area contributed by atoms with Crippen molar-refractivity contribution >= 4 is 10.8 Å². The average Bonchev–Trinajstić information content (AvgIpc) is 3.45. The second-order valence-electron chi connectivity index (χ2n) is 9.59. The van der Waals surface area contributed by atoms with E-state index in [0.717, 1.165) is 78.7 Å². The van der Waals surface area contributed by atoms with E-state index in [9.17, 15) is 0 Å². The summed E-state index contributed by atoms with van der Waals surface area (Å²) in [7, 11) is 6.69. The second-order valence-corrected chi connectivity index (χ2v) is 9.59. The number of ether oxygens (including phenoxy) is 4. The normalized spacial score (nSPS) is 10.9.